The first-order valence-electron chi connectivity index (χ1n) is 8.90. The molecule has 1 atom stereocenters. The molecule has 3 nitrogen and oxygen atoms in total. The number of nitriles is 1. The number of rotatable bonds is 4. The van der Waals surface area contributed by atoms with Crippen LogP contribution in [0.2, 0.25) is 0 Å². The van der Waals surface area contributed by atoms with Crippen molar-refractivity contribution in [2.75, 3.05) is 0 Å². The number of H-pyrrole nitrogens is 1. The van der Waals surface area contributed by atoms with Gasteiger partial charge in [-0.05, 0) is 60.5 Å². The molecular weight excluding hydrogens is 365 g/mol. The molecule has 6 heteroatoms. The van der Waals surface area contributed by atoms with E-state index in [1.165, 1.54) is 12.1 Å². The molecule has 1 heterocycles. The molecule has 2 aromatic carbocycles. The van der Waals surface area contributed by atoms with Gasteiger partial charge in [0.1, 0.15) is 0 Å². The highest BCUT2D eigenvalue weighted by atomic mass is 19.4. The van der Waals surface area contributed by atoms with Gasteiger partial charge in [-0.2, -0.15) is 18.4 Å². The van der Waals surface area contributed by atoms with Gasteiger partial charge in [-0.15, -0.1) is 0 Å². The highest BCUT2D eigenvalue weighted by Crippen LogP contribution is 2.32. The molecule has 144 valence electrons. The predicted octanol–water partition coefficient (Wildman–Crippen LogP) is 5.13. The first kappa shape index (κ1) is 19.7. The minimum absolute atomic E-state index is 0.159. The van der Waals surface area contributed by atoms with Crippen molar-refractivity contribution < 1.29 is 13.2 Å². The lowest BCUT2D eigenvalue weighted by molar-refractivity contribution is -0.137. The molecule has 0 aliphatic rings. The van der Waals surface area contributed by atoms with E-state index in [1.54, 1.807) is 13.0 Å². The number of aromatic amines is 1. The van der Waals surface area contributed by atoms with Gasteiger partial charge in [0.05, 0.1) is 17.0 Å². The summed E-state index contributed by atoms with van der Waals surface area (Å²) in [6.45, 7) is 3.64. The van der Waals surface area contributed by atoms with Crippen molar-refractivity contribution in [3.8, 4) is 6.07 Å². The van der Waals surface area contributed by atoms with Crippen LogP contribution < -0.4 is 5.56 Å². The van der Waals surface area contributed by atoms with E-state index >= 15 is 0 Å². The number of hydrogen-bond acceptors (Lipinski definition) is 2. The molecule has 1 N–H and O–H groups in total. The number of hydrogen-bond donors (Lipinski definition) is 1. The minimum Gasteiger partial charge on any atom is -0.322 e. The van der Waals surface area contributed by atoms with E-state index in [0.29, 0.717) is 28.6 Å². The van der Waals surface area contributed by atoms with Gasteiger partial charge in [-0.25, -0.2) is 0 Å². The van der Waals surface area contributed by atoms with Crippen LogP contribution in [0.3, 0.4) is 0 Å². The Morgan fingerprint density at radius 2 is 1.68 bits per heavy atom. The van der Waals surface area contributed by atoms with Gasteiger partial charge in [0.15, 0.2) is 0 Å². The molecule has 1 aromatic heterocycles. The van der Waals surface area contributed by atoms with Crippen LogP contribution in [0.1, 0.15) is 36.1 Å². The topological polar surface area (TPSA) is 56.6 Å². The number of benzene rings is 2. The third kappa shape index (κ3) is 3.79. The van der Waals surface area contributed by atoms with Crippen molar-refractivity contribution in [3.63, 3.8) is 0 Å². The lowest BCUT2D eigenvalue weighted by Crippen LogP contribution is -2.23. The smallest absolute Gasteiger partial charge is 0.322 e. The second-order valence-electron chi connectivity index (χ2n) is 7.09. The third-order valence-corrected chi connectivity index (χ3v) is 5.03. The average molecular weight is 384 g/mol. The number of pyridine rings is 1. The summed E-state index contributed by atoms with van der Waals surface area (Å²) in [6, 6.07) is 14.4. The number of fused-ring (bicyclic) bond motifs is 1. The van der Waals surface area contributed by atoms with Gasteiger partial charge in [-0.1, -0.05) is 31.2 Å². The zero-order valence-electron chi connectivity index (χ0n) is 15.5. The maximum atomic E-state index is 12.7. The summed E-state index contributed by atoms with van der Waals surface area (Å²) in [5.74, 6) is 0. The van der Waals surface area contributed by atoms with Crippen LogP contribution in [-0.2, 0) is 24.4 Å². The van der Waals surface area contributed by atoms with Crippen molar-refractivity contribution >= 4 is 10.9 Å². The summed E-state index contributed by atoms with van der Waals surface area (Å²) < 4.78 is 38.2. The third-order valence-electron chi connectivity index (χ3n) is 5.03. The van der Waals surface area contributed by atoms with Crippen LogP contribution in [0.5, 0.6) is 0 Å². The molecule has 0 radical (unpaired) electrons. The van der Waals surface area contributed by atoms with Gasteiger partial charge in [0, 0.05) is 11.1 Å². The molecule has 0 spiro atoms. The van der Waals surface area contributed by atoms with E-state index in [1.807, 2.05) is 25.1 Å². The summed E-state index contributed by atoms with van der Waals surface area (Å²) in [5, 5.41) is 10.7. The van der Waals surface area contributed by atoms with Crippen molar-refractivity contribution in [1.29, 1.82) is 5.26 Å². The highest BCUT2D eigenvalue weighted by Gasteiger charge is 2.31. The molecule has 28 heavy (non-hydrogen) atoms. The molecule has 0 aliphatic carbocycles. The quantitative estimate of drug-likeness (QED) is 0.678. The molecule has 0 saturated heterocycles. The van der Waals surface area contributed by atoms with Crippen molar-refractivity contribution in [1.82, 2.24) is 4.98 Å². The van der Waals surface area contributed by atoms with E-state index in [-0.39, 0.29) is 12.0 Å². The standard InChI is InChI=1S/C22H19F3N2O/c1-3-15-10-16-6-9-18(11-19(16)27-20(15)28)21(2,13-26)12-14-4-7-17(8-5-14)22(23,24)25/h4-11H,3,12H2,1-2H3,(H,27,28). The maximum absolute atomic E-state index is 12.7. The Labute approximate surface area is 160 Å². The van der Waals surface area contributed by atoms with E-state index in [2.05, 4.69) is 11.1 Å². The molecule has 3 rings (SSSR count). The number of nitrogens with one attached hydrogen (secondary N) is 1. The van der Waals surface area contributed by atoms with E-state index in [9.17, 15) is 23.2 Å². The van der Waals surface area contributed by atoms with Crippen molar-refractivity contribution in [2.24, 2.45) is 0 Å². The molecule has 0 bridgehead atoms. The molecule has 3 aromatic rings. The zero-order chi connectivity index (χ0) is 20.5. The fourth-order valence-electron chi connectivity index (χ4n) is 3.28. The minimum atomic E-state index is -4.39. The van der Waals surface area contributed by atoms with Crippen LogP contribution in [0.15, 0.2) is 53.3 Å². The second kappa shape index (κ2) is 7.16. The second-order valence-corrected chi connectivity index (χ2v) is 7.09. The fraction of sp³-hybridized carbons (Fsp3) is 0.273. The molecule has 0 fully saturated rings. The molecular formula is C22H19F3N2O. The molecule has 1 unspecified atom stereocenters. The highest BCUT2D eigenvalue weighted by molar-refractivity contribution is 5.80. The first-order chi connectivity index (χ1) is 13.2. The lowest BCUT2D eigenvalue weighted by atomic mass is 9.78. The van der Waals surface area contributed by atoms with E-state index in [4.69, 9.17) is 0 Å². The molecule has 0 aliphatic heterocycles. The Hall–Kier alpha value is -3.07. The SMILES string of the molecule is CCc1cc2ccc(C(C)(C#N)Cc3ccc(C(F)(F)F)cc3)cc2[nH]c1=O. The number of aryl methyl sites for hydroxylation is 1. The molecule has 0 saturated carbocycles. The first-order valence-corrected chi connectivity index (χ1v) is 8.90. The average Bonchev–Trinajstić information content (AvgIpc) is 2.66. The Balaban J connectivity index is 1.97. The van der Waals surface area contributed by atoms with Crippen LogP contribution in [-0.4, -0.2) is 4.98 Å². The lowest BCUT2D eigenvalue weighted by Gasteiger charge is -2.23. The summed E-state index contributed by atoms with van der Waals surface area (Å²) >= 11 is 0. The summed E-state index contributed by atoms with van der Waals surface area (Å²) in [7, 11) is 0. The van der Waals surface area contributed by atoms with Crippen molar-refractivity contribution in [2.45, 2.75) is 38.3 Å². The van der Waals surface area contributed by atoms with Gasteiger partial charge in [0.25, 0.3) is 5.56 Å². The van der Waals surface area contributed by atoms with Crippen LogP contribution >= 0.6 is 0 Å². The normalized spacial score (nSPS) is 13.9. The summed E-state index contributed by atoms with van der Waals surface area (Å²) in [5.41, 5.74) is 0.822. The number of alkyl halides is 3. The van der Waals surface area contributed by atoms with Gasteiger partial charge in [0.2, 0.25) is 0 Å². The van der Waals surface area contributed by atoms with Crippen LogP contribution in [0, 0.1) is 11.3 Å². The number of halogens is 3. The Morgan fingerprint density at radius 1 is 1.04 bits per heavy atom. The zero-order valence-corrected chi connectivity index (χ0v) is 15.5. The molecule has 0 amide bonds. The maximum Gasteiger partial charge on any atom is 0.416 e. The summed E-state index contributed by atoms with van der Waals surface area (Å²) in [6.07, 6.45) is -3.51. The van der Waals surface area contributed by atoms with Gasteiger partial charge < -0.3 is 4.98 Å². The van der Waals surface area contributed by atoms with E-state index in [0.717, 1.165) is 17.5 Å². The number of aromatic nitrogens is 1. The van der Waals surface area contributed by atoms with Crippen LogP contribution in [0.4, 0.5) is 13.2 Å². The Kier molecular flexibility index (Phi) is 5.03. The monoisotopic (exact) mass is 384 g/mol. The fourth-order valence-corrected chi connectivity index (χ4v) is 3.28. The van der Waals surface area contributed by atoms with Gasteiger partial charge >= 0.3 is 6.18 Å². The Bertz CT molecular complexity index is 1110. The number of nitrogens with zero attached hydrogens (tertiary/aromatic N) is 1. The van der Waals surface area contributed by atoms with E-state index < -0.39 is 17.2 Å². The predicted molar refractivity (Wildman–Crippen MR) is 102 cm³/mol. The largest absolute Gasteiger partial charge is 0.416 e. The van der Waals surface area contributed by atoms with Crippen LogP contribution in [0.25, 0.3) is 10.9 Å². The van der Waals surface area contributed by atoms with Gasteiger partial charge in [-0.3, -0.25) is 4.79 Å². The summed E-state index contributed by atoms with van der Waals surface area (Å²) in [4.78, 5) is 14.9. The van der Waals surface area contributed by atoms with Crippen molar-refractivity contribution in [3.05, 3.63) is 81.1 Å². The Morgan fingerprint density at radius 3 is 2.25 bits per heavy atom.